The van der Waals surface area contributed by atoms with Crippen molar-refractivity contribution in [1.82, 2.24) is 5.32 Å². The number of carbonyl (C=O) groups excluding carboxylic acids is 1. The summed E-state index contributed by atoms with van der Waals surface area (Å²) >= 11 is 0. The number of hydrogen-bond donors (Lipinski definition) is 1. The Morgan fingerprint density at radius 1 is 1.08 bits per heavy atom. The molecule has 0 radical (unpaired) electrons. The maximum Gasteiger partial charge on any atom is 0.225 e. The van der Waals surface area contributed by atoms with Crippen molar-refractivity contribution in [3.63, 3.8) is 0 Å². The highest BCUT2D eigenvalue weighted by Crippen LogP contribution is 2.30. The van der Waals surface area contributed by atoms with E-state index in [1.807, 2.05) is 39.0 Å². The van der Waals surface area contributed by atoms with Crippen molar-refractivity contribution in [1.29, 1.82) is 0 Å². The van der Waals surface area contributed by atoms with Crippen molar-refractivity contribution in [3.05, 3.63) is 59.4 Å². The summed E-state index contributed by atoms with van der Waals surface area (Å²) in [6.07, 6.45) is 0.00631. The van der Waals surface area contributed by atoms with Crippen molar-refractivity contribution >= 4 is 5.91 Å². The maximum atomic E-state index is 13.7. The summed E-state index contributed by atoms with van der Waals surface area (Å²) in [7, 11) is 0. The van der Waals surface area contributed by atoms with Gasteiger partial charge in [0, 0.05) is 0 Å². The predicted molar refractivity (Wildman–Crippen MR) is 95.4 cm³/mol. The van der Waals surface area contributed by atoms with Gasteiger partial charge in [-0.3, -0.25) is 4.79 Å². The third-order valence-corrected chi connectivity index (χ3v) is 3.75. The van der Waals surface area contributed by atoms with Crippen LogP contribution < -0.4 is 14.8 Å². The van der Waals surface area contributed by atoms with E-state index >= 15 is 0 Å². The van der Waals surface area contributed by atoms with Gasteiger partial charge in [0.1, 0.15) is 5.82 Å². The summed E-state index contributed by atoms with van der Waals surface area (Å²) in [6, 6.07) is 11.7. The number of hydrogen-bond acceptors (Lipinski definition) is 3. The molecule has 1 N–H and O–H groups in total. The molecule has 0 aliphatic rings. The van der Waals surface area contributed by atoms with Crippen LogP contribution in [0.4, 0.5) is 4.39 Å². The van der Waals surface area contributed by atoms with Crippen LogP contribution in [0.5, 0.6) is 11.5 Å². The smallest absolute Gasteiger partial charge is 0.225 e. The molecule has 2 aromatic rings. The molecule has 5 heteroatoms. The van der Waals surface area contributed by atoms with Gasteiger partial charge in [-0.05, 0) is 50.1 Å². The zero-order chi connectivity index (χ0) is 18.2. The molecule has 1 atom stereocenters. The largest absolute Gasteiger partial charge is 0.490 e. The summed E-state index contributed by atoms with van der Waals surface area (Å²) in [6.45, 7) is 6.77. The molecular weight excluding hydrogens is 321 g/mol. The molecule has 1 amide bonds. The average molecular weight is 345 g/mol. The van der Waals surface area contributed by atoms with Crippen molar-refractivity contribution in [2.75, 3.05) is 13.2 Å². The van der Waals surface area contributed by atoms with Gasteiger partial charge < -0.3 is 14.8 Å². The lowest BCUT2D eigenvalue weighted by Gasteiger charge is -2.17. The molecule has 0 bridgehead atoms. The molecule has 0 aliphatic heterocycles. The molecule has 0 fully saturated rings. The molecule has 0 aromatic heterocycles. The van der Waals surface area contributed by atoms with Crippen LogP contribution in [0.2, 0.25) is 0 Å². The Labute approximate surface area is 148 Å². The van der Waals surface area contributed by atoms with Gasteiger partial charge in [-0.15, -0.1) is 0 Å². The summed E-state index contributed by atoms with van der Waals surface area (Å²) in [5.74, 6) is 0.726. The number of carbonyl (C=O) groups is 1. The highest BCUT2D eigenvalue weighted by molar-refractivity contribution is 5.79. The zero-order valence-electron chi connectivity index (χ0n) is 14.8. The molecule has 2 rings (SSSR count). The SMILES string of the molecule is CCOc1ccc([C@H](C)NC(=O)Cc2ccccc2F)cc1OCC. The van der Waals surface area contributed by atoms with Gasteiger partial charge >= 0.3 is 0 Å². The number of halogens is 1. The summed E-state index contributed by atoms with van der Waals surface area (Å²) in [5, 5.41) is 2.89. The van der Waals surface area contributed by atoms with Crippen molar-refractivity contribution in [3.8, 4) is 11.5 Å². The van der Waals surface area contributed by atoms with Crippen molar-refractivity contribution < 1.29 is 18.7 Å². The Kier molecular flexibility index (Phi) is 6.81. The Hall–Kier alpha value is -2.56. The Bertz CT molecular complexity index is 718. The molecule has 0 saturated heterocycles. The highest BCUT2D eigenvalue weighted by atomic mass is 19.1. The number of rotatable bonds is 8. The molecule has 0 saturated carbocycles. The van der Waals surface area contributed by atoms with Crippen LogP contribution in [0.3, 0.4) is 0 Å². The van der Waals surface area contributed by atoms with Crippen LogP contribution in [0.1, 0.15) is 37.9 Å². The third kappa shape index (κ3) is 5.21. The number of nitrogens with one attached hydrogen (secondary N) is 1. The lowest BCUT2D eigenvalue weighted by molar-refractivity contribution is -0.121. The van der Waals surface area contributed by atoms with Crippen LogP contribution in [-0.4, -0.2) is 19.1 Å². The van der Waals surface area contributed by atoms with E-state index in [1.165, 1.54) is 6.07 Å². The molecule has 4 nitrogen and oxygen atoms in total. The monoisotopic (exact) mass is 345 g/mol. The lowest BCUT2D eigenvalue weighted by Crippen LogP contribution is -2.28. The second-order valence-corrected chi connectivity index (χ2v) is 5.63. The topological polar surface area (TPSA) is 47.6 Å². The van der Waals surface area contributed by atoms with Crippen molar-refractivity contribution in [2.45, 2.75) is 33.2 Å². The Balaban J connectivity index is 2.06. The summed E-state index contributed by atoms with van der Waals surface area (Å²) < 4.78 is 24.8. The van der Waals surface area contributed by atoms with E-state index < -0.39 is 0 Å². The fourth-order valence-corrected chi connectivity index (χ4v) is 2.53. The summed E-state index contributed by atoms with van der Waals surface area (Å²) in [5.41, 5.74) is 1.28. The summed E-state index contributed by atoms with van der Waals surface area (Å²) in [4.78, 5) is 12.2. The second kappa shape index (κ2) is 9.06. The Morgan fingerprint density at radius 2 is 1.76 bits per heavy atom. The molecule has 134 valence electrons. The van der Waals surface area contributed by atoms with Gasteiger partial charge in [-0.25, -0.2) is 4.39 Å². The number of ether oxygens (including phenoxy) is 2. The standard InChI is InChI=1S/C20H24FNO3/c1-4-24-18-11-10-15(12-19(18)25-5-2)14(3)22-20(23)13-16-8-6-7-9-17(16)21/h6-12,14H,4-5,13H2,1-3H3,(H,22,23)/t14-/m0/s1. The normalized spacial score (nSPS) is 11.7. The molecular formula is C20H24FNO3. The number of benzene rings is 2. The minimum atomic E-state index is -0.370. The number of amides is 1. The highest BCUT2D eigenvalue weighted by Gasteiger charge is 2.14. The van der Waals surface area contributed by atoms with E-state index in [2.05, 4.69) is 5.32 Å². The maximum absolute atomic E-state index is 13.7. The molecule has 0 aliphatic carbocycles. The molecule has 2 aromatic carbocycles. The van der Waals surface area contributed by atoms with Crippen LogP contribution in [-0.2, 0) is 11.2 Å². The fourth-order valence-electron chi connectivity index (χ4n) is 2.53. The zero-order valence-corrected chi connectivity index (χ0v) is 14.8. The van der Waals surface area contributed by atoms with Gasteiger partial charge in [-0.1, -0.05) is 24.3 Å². The van der Waals surface area contributed by atoms with E-state index in [0.717, 1.165) is 5.56 Å². The van der Waals surface area contributed by atoms with E-state index in [4.69, 9.17) is 9.47 Å². The minimum absolute atomic E-state index is 0.00631. The predicted octanol–water partition coefficient (Wildman–Crippen LogP) is 4.04. The van der Waals surface area contributed by atoms with Crippen LogP contribution in [0.15, 0.2) is 42.5 Å². The van der Waals surface area contributed by atoms with Gasteiger partial charge in [-0.2, -0.15) is 0 Å². The first-order valence-corrected chi connectivity index (χ1v) is 8.47. The van der Waals surface area contributed by atoms with Gasteiger partial charge in [0.05, 0.1) is 25.7 Å². The second-order valence-electron chi connectivity index (χ2n) is 5.63. The first-order valence-electron chi connectivity index (χ1n) is 8.47. The fraction of sp³-hybridized carbons (Fsp3) is 0.350. The quantitative estimate of drug-likeness (QED) is 0.785. The van der Waals surface area contributed by atoms with E-state index in [9.17, 15) is 9.18 Å². The van der Waals surface area contributed by atoms with Crippen molar-refractivity contribution in [2.24, 2.45) is 0 Å². The minimum Gasteiger partial charge on any atom is -0.490 e. The van der Waals surface area contributed by atoms with E-state index in [0.29, 0.717) is 30.3 Å². The van der Waals surface area contributed by atoms with Crippen LogP contribution in [0, 0.1) is 5.82 Å². The van der Waals surface area contributed by atoms with Gasteiger partial charge in [0.25, 0.3) is 0 Å². The molecule has 0 heterocycles. The molecule has 25 heavy (non-hydrogen) atoms. The average Bonchev–Trinajstić information content (AvgIpc) is 2.59. The van der Waals surface area contributed by atoms with Gasteiger partial charge in [0.15, 0.2) is 11.5 Å². The molecule has 0 spiro atoms. The first kappa shape index (κ1) is 18.8. The lowest BCUT2D eigenvalue weighted by atomic mass is 10.1. The van der Waals surface area contributed by atoms with Crippen LogP contribution in [0.25, 0.3) is 0 Å². The van der Waals surface area contributed by atoms with Gasteiger partial charge in [0.2, 0.25) is 5.91 Å². The Morgan fingerprint density at radius 3 is 2.44 bits per heavy atom. The van der Waals surface area contributed by atoms with E-state index in [1.54, 1.807) is 18.2 Å². The first-order chi connectivity index (χ1) is 12.0. The van der Waals surface area contributed by atoms with Crippen LogP contribution >= 0.6 is 0 Å². The molecule has 0 unspecified atom stereocenters. The van der Waals surface area contributed by atoms with E-state index in [-0.39, 0.29) is 24.2 Å². The third-order valence-electron chi connectivity index (χ3n) is 3.75.